The van der Waals surface area contributed by atoms with Crippen LogP contribution >= 0.6 is 22.9 Å². The van der Waals surface area contributed by atoms with Gasteiger partial charge in [0.25, 0.3) is 5.91 Å². The molecule has 3 aromatic rings. The van der Waals surface area contributed by atoms with Crippen molar-refractivity contribution >= 4 is 45.6 Å². The van der Waals surface area contributed by atoms with Gasteiger partial charge in [-0.3, -0.25) is 14.9 Å². The number of carbonyl (C=O) groups excluding carboxylic acids is 2. The molecule has 0 bridgehead atoms. The molecule has 1 aromatic heterocycles. The van der Waals surface area contributed by atoms with Crippen LogP contribution in [-0.4, -0.2) is 22.8 Å². The first-order chi connectivity index (χ1) is 14.0. The number of benzene rings is 2. The summed E-state index contributed by atoms with van der Waals surface area (Å²) in [6, 6.07) is 13.1. The lowest BCUT2D eigenvalue weighted by molar-refractivity contribution is -0.118. The van der Waals surface area contributed by atoms with Crippen LogP contribution in [0.15, 0.2) is 47.8 Å². The first-order valence-corrected chi connectivity index (χ1v) is 10.7. The van der Waals surface area contributed by atoms with Gasteiger partial charge in [-0.05, 0) is 43.2 Å². The minimum atomic E-state index is -0.284. The number of halogens is 1. The highest BCUT2D eigenvalue weighted by atomic mass is 35.5. The van der Waals surface area contributed by atoms with Gasteiger partial charge in [0.05, 0.1) is 16.3 Å². The maximum Gasteiger partial charge on any atom is 0.258 e. The van der Waals surface area contributed by atoms with Gasteiger partial charge >= 0.3 is 0 Å². The molecule has 1 aliphatic heterocycles. The summed E-state index contributed by atoms with van der Waals surface area (Å²) >= 11 is 7.46. The van der Waals surface area contributed by atoms with Crippen molar-refractivity contribution in [3.05, 3.63) is 64.0 Å². The van der Waals surface area contributed by atoms with Crippen molar-refractivity contribution in [3.8, 4) is 11.3 Å². The predicted octanol–water partition coefficient (Wildman–Crippen LogP) is 5.40. The van der Waals surface area contributed by atoms with Gasteiger partial charge < -0.3 is 4.90 Å². The van der Waals surface area contributed by atoms with Crippen LogP contribution in [0.3, 0.4) is 0 Å². The van der Waals surface area contributed by atoms with E-state index in [9.17, 15) is 9.59 Å². The number of hydrogen-bond donors (Lipinski definition) is 1. The summed E-state index contributed by atoms with van der Waals surface area (Å²) in [5, 5.41) is 5.64. The second kappa shape index (κ2) is 7.97. The first-order valence-electron chi connectivity index (χ1n) is 9.44. The molecule has 1 N–H and O–H groups in total. The van der Waals surface area contributed by atoms with Crippen LogP contribution in [0.1, 0.15) is 36.2 Å². The minimum Gasteiger partial charge on any atom is -0.309 e. The number of fused-ring (bicyclic) bond motifs is 1. The van der Waals surface area contributed by atoms with Crippen molar-refractivity contribution in [1.82, 2.24) is 4.98 Å². The number of anilines is 2. The molecule has 1 unspecified atom stereocenters. The maximum atomic E-state index is 12.4. The van der Waals surface area contributed by atoms with Crippen molar-refractivity contribution in [1.29, 1.82) is 0 Å². The Labute approximate surface area is 178 Å². The van der Waals surface area contributed by atoms with E-state index in [1.165, 1.54) is 11.3 Å². The van der Waals surface area contributed by atoms with Crippen molar-refractivity contribution in [3.63, 3.8) is 0 Å². The fourth-order valence-electron chi connectivity index (χ4n) is 3.61. The molecule has 0 saturated heterocycles. The van der Waals surface area contributed by atoms with Gasteiger partial charge in [-0.2, -0.15) is 0 Å². The molecule has 4 rings (SSSR count). The Balaban J connectivity index is 1.55. The molecule has 7 heteroatoms. The number of amides is 2. The van der Waals surface area contributed by atoms with E-state index in [4.69, 9.17) is 11.6 Å². The van der Waals surface area contributed by atoms with E-state index in [0.717, 1.165) is 28.9 Å². The monoisotopic (exact) mass is 425 g/mol. The van der Waals surface area contributed by atoms with Crippen LogP contribution in [0.5, 0.6) is 0 Å². The largest absolute Gasteiger partial charge is 0.309 e. The zero-order chi connectivity index (χ0) is 20.5. The van der Waals surface area contributed by atoms with Gasteiger partial charge in [-0.25, -0.2) is 4.98 Å². The van der Waals surface area contributed by atoms with E-state index in [0.29, 0.717) is 22.1 Å². The van der Waals surface area contributed by atoms with Crippen LogP contribution in [0, 0.1) is 0 Å². The first kappa shape index (κ1) is 19.6. The summed E-state index contributed by atoms with van der Waals surface area (Å²) in [6.45, 7) is 3.95. The molecule has 1 aliphatic rings. The topological polar surface area (TPSA) is 62.3 Å². The third-order valence-corrected chi connectivity index (χ3v) is 6.09. The maximum absolute atomic E-state index is 12.4. The van der Waals surface area contributed by atoms with Gasteiger partial charge in [0, 0.05) is 29.1 Å². The molecule has 0 fully saturated rings. The molecule has 2 heterocycles. The summed E-state index contributed by atoms with van der Waals surface area (Å²) in [5.41, 5.74) is 4.30. The molecule has 0 spiro atoms. The summed E-state index contributed by atoms with van der Waals surface area (Å²) in [7, 11) is 0. The van der Waals surface area contributed by atoms with Gasteiger partial charge in [0.2, 0.25) is 5.91 Å². The molecular formula is C22H20ClN3O2S. The molecule has 0 saturated carbocycles. The average Bonchev–Trinajstić information content (AvgIpc) is 3.30. The second-order valence-corrected chi connectivity index (χ2v) is 8.25. The highest BCUT2D eigenvalue weighted by Crippen LogP contribution is 2.36. The highest BCUT2D eigenvalue weighted by molar-refractivity contribution is 7.14. The zero-order valence-electron chi connectivity index (χ0n) is 16.1. The fourth-order valence-corrected chi connectivity index (χ4v) is 4.55. The van der Waals surface area contributed by atoms with Gasteiger partial charge in [-0.15, -0.1) is 11.3 Å². The molecule has 2 amide bonds. The number of rotatable bonds is 4. The lowest BCUT2D eigenvalue weighted by Gasteiger charge is -2.22. The summed E-state index contributed by atoms with van der Waals surface area (Å²) in [5.74, 6) is -0.143. The SMILES string of the molecule is CCC(=O)N1c2ccc(-c3csc(NC(=O)c4ccccc4Cl)n3)cc2CC1C. The number of nitrogens with one attached hydrogen (secondary N) is 1. The van der Waals surface area contributed by atoms with E-state index >= 15 is 0 Å². The molecule has 0 radical (unpaired) electrons. The van der Waals surface area contributed by atoms with E-state index in [1.54, 1.807) is 24.3 Å². The third-order valence-electron chi connectivity index (χ3n) is 5.01. The Bertz CT molecular complexity index is 1100. The molecule has 5 nitrogen and oxygen atoms in total. The third kappa shape index (κ3) is 3.78. The summed E-state index contributed by atoms with van der Waals surface area (Å²) < 4.78 is 0. The van der Waals surface area contributed by atoms with Crippen LogP contribution in [0.2, 0.25) is 5.02 Å². The van der Waals surface area contributed by atoms with Gasteiger partial charge in [0.1, 0.15) is 0 Å². The highest BCUT2D eigenvalue weighted by Gasteiger charge is 2.30. The second-order valence-electron chi connectivity index (χ2n) is 6.99. The normalized spacial score (nSPS) is 15.3. The zero-order valence-corrected chi connectivity index (χ0v) is 17.7. The smallest absolute Gasteiger partial charge is 0.258 e. The molecular weight excluding hydrogens is 406 g/mol. The fraction of sp³-hybridized carbons (Fsp3) is 0.227. The number of hydrogen-bond acceptors (Lipinski definition) is 4. The van der Waals surface area contributed by atoms with Crippen LogP contribution in [0.4, 0.5) is 10.8 Å². The lowest BCUT2D eigenvalue weighted by atomic mass is 10.1. The molecule has 0 aliphatic carbocycles. The average molecular weight is 426 g/mol. The van der Waals surface area contributed by atoms with Crippen LogP contribution < -0.4 is 10.2 Å². The molecule has 148 valence electrons. The van der Waals surface area contributed by atoms with Crippen molar-refractivity contribution < 1.29 is 9.59 Å². The standard InChI is InChI=1S/C22H20ClN3O2S/c1-3-20(27)26-13(2)10-15-11-14(8-9-19(15)26)18-12-29-22(24-18)25-21(28)16-6-4-5-7-17(16)23/h4-9,11-13H,3,10H2,1-2H3,(H,24,25,28). The number of aromatic nitrogens is 1. The molecule has 29 heavy (non-hydrogen) atoms. The van der Waals surface area contributed by atoms with Crippen molar-refractivity contribution in [2.75, 3.05) is 10.2 Å². The predicted molar refractivity (Wildman–Crippen MR) is 118 cm³/mol. The Hall–Kier alpha value is -2.70. The Morgan fingerprint density at radius 2 is 2.07 bits per heavy atom. The number of carbonyl (C=O) groups is 2. The van der Waals surface area contributed by atoms with Gasteiger partial charge in [-0.1, -0.05) is 36.7 Å². The van der Waals surface area contributed by atoms with Crippen LogP contribution in [0.25, 0.3) is 11.3 Å². The molecule has 2 aromatic carbocycles. The number of thiazole rings is 1. The van der Waals surface area contributed by atoms with E-state index in [-0.39, 0.29) is 17.9 Å². The summed E-state index contributed by atoms with van der Waals surface area (Å²) in [6.07, 6.45) is 1.32. The van der Waals surface area contributed by atoms with Crippen molar-refractivity contribution in [2.45, 2.75) is 32.7 Å². The Morgan fingerprint density at radius 3 is 2.83 bits per heavy atom. The van der Waals surface area contributed by atoms with E-state index < -0.39 is 0 Å². The lowest BCUT2D eigenvalue weighted by Crippen LogP contribution is -2.35. The molecule has 1 atom stereocenters. The van der Waals surface area contributed by atoms with E-state index in [2.05, 4.69) is 23.3 Å². The van der Waals surface area contributed by atoms with Crippen LogP contribution in [-0.2, 0) is 11.2 Å². The number of nitrogens with zero attached hydrogens (tertiary/aromatic N) is 2. The minimum absolute atomic E-state index is 0.141. The Kier molecular flexibility index (Phi) is 5.39. The summed E-state index contributed by atoms with van der Waals surface area (Å²) in [4.78, 5) is 31.1. The quantitative estimate of drug-likeness (QED) is 0.608. The van der Waals surface area contributed by atoms with Crippen molar-refractivity contribution in [2.24, 2.45) is 0 Å². The van der Waals surface area contributed by atoms with E-state index in [1.807, 2.05) is 29.3 Å². The van der Waals surface area contributed by atoms with Gasteiger partial charge in [0.15, 0.2) is 5.13 Å². The Morgan fingerprint density at radius 1 is 1.28 bits per heavy atom.